The summed E-state index contributed by atoms with van der Waals surface area (Å²) in [4.78, 5) is 0. The molecule has 4 atom stereocenters. The van der Waals surface area contributed by atoms with Crippen LogP contribution in [0, 0.1) is 29.6 Å². The van der Waals surface area contributed by atoms with Crippen LogP contribution in [0.3, 0.4) is 0 Å². The van der Waals surface area contributed by atoms with Gasteiger partial charge in [-0.1, -0.05) is 0 Å². The molecule has 4 unspecified atom stereocenters. The summed E-state index contributed by atoms with van der Waals surface area (Å²) in [6, 6.07) is 0. The van der Waals surface area contributed by atoms with Crippen LogP contribution in [0.5, 0.6) is 0 Å². The SMILES string of the molecule is NC12C3C4C3C1C42. The first-order valence-electron chi connectivity index (χ1n) is 3.15. The zero-order chi connectivity index (χ0) is 4.39. The molecule has 0 saturated heterocycles. The molecule has 5 rings (SSSR count). The van der Waals surface area contributed by atoms with Crippen molar-refractivity contribution in [2.75, 3.05) is 0 Å². The maximum Gasteiger partial charge on any atom is 0.0258 e. The molecule has 5 aliphatic rings. The first kappa shape index (κ1) is 2.49. The van der Waals surface area contributed by atoms with Crippen molar-refractivity contribution < 1.29 is 0 Å². The molecule has 1 nitrogen and oxygen atoms in total. The second-order valence-electron chi connectivity index (χ2n) is 3.73. The monoisotopic (exact) mass is 93.1 g/mol. The van der Waals surface area contributed by atoms with Crippen LogP contribution in [0.25, 0.3) is 0 Å². The zero-order valence-corrected chi connectivity index (χ0v) is 3.96. The minimum absolute atomic E-state index is 0.481. The highest BCUT2D eigenvalue weighted by molar-refractivity contribution is 5.55. The average Bonchev–Trinajstić information content (AvgIpc) is 2.05. The Hall–Kier alpha value is -0.0400. The summed E-state index contributed by atoms with van der Waals surface area (Å²) >= 11 is 0. The molecule has 2 N–H and O–H groups in total. The van der Waals surface area contributed by atoms with Gasteiger partial charge in [0.1, 0.15) is 0 Å². The van der Waals surface area contributed by atoms with Crippen LogP contribution in [0.15, 0.2) is 0 Å². The third kappa shape index (κ3) is 0.0649. The summed E-state index contributed by atoms with van der Waals surface area (Å²) in [5.41, 5.74) is 6.39. The standard InChI is InChI=1S/C6H7N/c7-6-3-1-2(3)5(6)4(1)6/h1-5H,7H2. The maximum atomic E-state index is 5.91. The van der Waals surface area contributed by atoms with E-state index in [0.29, 0.717) is 5.54 Å². The lowest BCUT2D eigenvalue weighted by Gasteiger charge is -2.20. The van der Waals surface area contributed by atoms with Crippen molar-refractivity contribution in [1.82, 2.24) is 0 Å². The Labute approximate surface area is 41.9 Å². The molecule has 0 amide bonds. The molecule has 0 aromatic rings. The maximum absolute atomic E-state index is 5.91. The van der Waals surface area contributed by atoms with E-state index in [1.54, 1.807) is 0 Å². The molecule has 36 valence electrons. The molecule has 0 aromatic heterocycles. The summed E-state index contributed by atoms with van der Waals surface area (Å²) in [5.74, 6) is 5.53. The molecule has 0 spiro atoms. The van der Waals surface area contributed by atoms with Crippen LogP contribution in [-0.2, 0) is 0 Å². The van der Waals surface area contributed by atoms with Crippen LogP contribution >= 0.6 is 0 Å². The van der Waals surface area contributed by atoms with Crippen molar-refractivity contribution in [3.05, 3.63) is 0 Å². The van der Waals surface area contributed by atoms with E-state index in [1.165, 1.54) is 11.8 Å². The molecule has 7 heavy (non-hydrogen) atoms. The number of hydrogen-bond donors (Lipinski definition) is 1. The fourth-order valence-electron chi connectivity index (χ4n) is 3.64. The van der Waals surface area contributed by atoms with Crippen LogP contribution in [0.2, 0.25) is 0 Å². The zero-order valence-electron chi connectivity index (χ0n) is 3.96. The van der Waals surface area contributed by atoms with Gasteiger partial charge in [0.05, 0.1) is 0 Å². The van der Waals surface area contributed by atoms with Gasteiger partial charge >= 0.3 is 0 Å². The molecular weight excluding hydrogens is 86.1 g/mol. The van der Waals surface area contributed by atoms with Crippen molar-refractivity contribution >= 4 is 0 Å². The minimum Gasteiger partial charge on any atom is -0.324 e. The highest BCUT2D eigenvalue weighted by Gasteiger charge is 3.05. The Morgan fingerprint density at radius 1 is 1.00 bits per heavy atom. The first-order valence-corrected chi connectivity index (χ1v) is 3.15. The summed E-state index contributed by atoms with van der Waals surface area (Å²) in [6.07, 6.45) is 0. The smallest absolute Gasteiger partial charge is 0.0258 e. The third-order valence-corrected chi connectivity index (χ3v) is 3.97. The fourth-order valence-corrected chi connectivity index (χ4v) is 3.64. The van der Waals surface area contributed by atoms with Crippen LogP contribution in [0.1, 0.15) is 0 Å². The van der Waals surface area contributed by atoms with Crippen molar-refractivity contribution in [3.8, 4) is 0 Å². The van der Waals surface area contributed by atoms with Gasteiger partial charge in [0.15, 0.2) is 0 Å². The highest BCUT2D eigenvalue weighted by atomic mass is 15.2. The molecule has 0 bridgehead atoms. The number of rotatable bonds is 0. The van der Waals surface area contributed by atoms with Gasteiger partial charge in [-0.3, -0.25) is 0 Å². The Kier molecular flexibility index (Phi) is 0.119. The molecule has 0 heterocycles. The van der Waals surface area contributed by atoms with Gasteiger partial charge in [-0.25, -0.2) is 0 Å². The van der Waals surface area contributed by atoms with Gasteiger partial charge in [-0.15, -0.1) is 0 Å². The molecule has 5 fully saturated rings. The quantitative estimate of drug-likeness (QED) is 0.441. The predicted octanol–water partition coefficient (Wildman–Crippen LogP) is -0.181. The van der Waals surface area contributed by atoms with Crippen LogP contribution in [0.4, 0.5) is 0 Å². The van der Waals surface area contributed by atoms with Gasteiger partial charge in [0, 0.05) is 5.54 Å². The van der Waals surface area contributed by atoms with Crippen molar-refractivity contribution in [3.63, 3.8) is 0 Å². The Morgan fingerprint density at radius 2 is 1.57 bits per heavy atom. The predicted molar refractivity (Wildman–Crippen MR) is 24.4 cm³/mol. The van der Waals surface area contributed by atoms with Gasteiger partial charge in [0.25, 0.3) is 0 Å². The summed E-state index contributed by atoms with van der Waals surface area (Å²) in [5, 5.41) is 0. The van der Waals surface area contributed by atoms with Gasteiger partial charge in [0.2, 0.25) is 0 Å². The Balaban J connectivity index is 2.17. The number of nitrogens with two attached hydrogens (primary N) is 1. The highest BCUT2D eigenvalue weighted by Crippen LogP contribution is 3.01. The van der Waals surface area contributed by atoms with E-state index in [-0.39, 0.29) is 0 Å². The van der Waals surface area contributed by atoms with Crippen molar-refractivity contribution in [1.29, 1.82) is 0 Å². The second-order valence-corrected chi connectivity index (χ2v) is 3.73. The van der Waals surface area contributed by atoms with Crippen LogP contribution in [-0.4, -0.2) is 5.54 Å². The Morgan fingerprint density at radius 3 is 1.71 bits per heavy atom. The molecule has 0 aromatic carbocycles. The average molecular weight is 93.1 g/mol. The van der Waals surface area contributed by atoms with Gasteiger partial charge < -0.3 is 5.73 Å². The van der Waals surface area contributed by atoms with Crippen molar-refractivity contribution in [2.45, 2.75) is 5.54 Å². The fraction of sp³-hybridized carbons (Fsp3) is 1.00. The lowest BCUT2D eigenvalue weighted by Crippen LogP contribution is -2.39. The third-order valence-electron chi connectivity index (χ3n) is 3.97. The minimum atomic E-state index is 0.481. The second kappa shape index (κ2) is 0.334. The van der Waals surface area contributed by atoms with E-state index in [9.17, 15) is 0 Å². The summed E-state index contributed by atoms with van der Waals surface area (Å²) in [7, 11) is 0. The van der Waals surface area contributed by atoms with E-state index in [4.69, 9.17) is 5.73 Å². The topological polar surface area (TPSA) is 26.0 Å². The van der Waals surface area contributed by atoms with Gasteiger partial charge in [-0.2, -0.15) is 0 Å². The largest absolute Gasteiger partial charge is 0.324 e. The lowest BCUT2D eigenvalue weighted by molar-refractivity contribution is 0.354. The molecule has 0 aliphatic heterocycles. The molecule has 5 aliphatic carbocycles. The van der Waals surface area contributed by atoms with Crippen molar-refractivity contribution in [2.24, 2.45) is 35.3 Å². The lowest BCUT2D eigenvalue weighted by atomic mass is 9.93. The molecule has 1 heteroatoms. The molecule has 5 saturated carbocycles. The van der Waals surface area contributed by atoms with E-state index < -0.39 is 0 Å². The summed E-state index contributed by atoms with van der Waals surface area (Å²) in [6.45, 7) is 0. The molecular formula is C6H7N. The Bertz CT molecular complexity index is 157. The van der Waals surface area contributed by atoms with E-state index in [0.717, 1.165) is 17.8 Å². The van der Waals surface area contributed by atoms with E-state index >= 15 is 0 Å². The van der Waals surface area contributed by atoms with E-state index in [1.807, 2.05) is 0 Å². The van der Waals surface area contributed by atoms with Crippen LogP contribution < -0.4 is 5.73 Å². The number of hydrogen-bond acceptors (Lipinski definition) is 1. The van der Waals surface area contributed by atoms with E-state index in [2.05, 4.69) is 0 Å². The summed E-state index contributed by atoms with van der Waals surface area (Å²) < 4.78 is 0. The molecule has 0 radical (unpaired) electrons. The normalized spacial score (nSPS) is 105. The van der Waals surface area contributed by atoms with Gasteiger partial charge in [-0.05, 0) is 29.6 Å². The first-order chi connectivity index (χ1) is 3.37.